The summed E-state index contributed by atoms with van der Waals surface area (Å²) in [6, 6.07) is 11.4. The first-order valence-electron chi connectivity index (χ1n) is 10.5. The van der Waals surface area contributed by atoms with Gasteiger partial charge in [-0.1, -0.05) is 24.3 Å². The Labute approximate surface area is 191 Å². The number of rotatable bonds is 4. The fourth-order valence-electron chi connectivity index (χ4n) is 4.67. The van der Waals surface area contributed by atoms with E-state index in [1.54, 1.807) is 7.11 Å². The molecule has 2 aromatic carbocycles. The molecule has 4 rings (SSSR count). The zero-order valence-electron chi connectivity index (χ0n) is 19.2. The second-order valence-corrected chi connectivity index (χ2v) is 10.3. The van der Waals surface area contributed by atoms with E-state index in [9.17, 15) is 9.59 Å². The highest BCUT2D eigenvalue weighted by atomic mass is 32.1. The molecule has 1 aliphatic heterocycles. The molecule has 0 fully saturated rings. The number of fused-ring (bicyclic) bond motifs is 2. The number of ether oxygens (including phenoxy) is 2. The molecule has 0 saturated carbocycles. The van der Waals surface area contributed by atoms with Crippen LogP contribution in [-0.4, -0.2) is 31.6 Å². The summed E-state index contributed by atoms with van der Waals surface area (Å²) in [6.45, 7) is 8.38. The molecule has 7 heteroatoms. The predicted molar refractivity (Wildman–Crippen MR) is 128 cm³/mol. The van der Waals surface area contributed by atoms with Gasteiger partial charge in [0.05, 0.1) is 25.3 Å². The number of thiophene rings is 1. The highest BCUT2D eigenvalue weighted by molar-refractivity contribution is 7.17. The number of methoxy groups -OCH3 is 2. The van der Waals surface area contributed by atoms with Crippen LogP contribution < -0.4 is 15.4 Å². The largest absolute Gasteiger partial charge is 0.496 e. The molecule has 0 unspecified atom stereocenters. The molecule has 0 spiro atoms. The molecule has 6 nitrogen and oxygen atoms in total. The number of benzene rings is 2. The first-order chi connectivity index (χ1) is 15.1. The van der Waals surface area contributed by atoms with Crippen molar-refractivity contribution in [2.24, 2.45) is 0 Å². The SMILES string of the molecule is COC(=O)c1c(NC(=O)c2cc3ccccc3cc2OC)sc2c1CC(C)(C)NC2(C)C. The van der Waals surface area contributed by atoms with E-state index in [1.807, 2.05) is 36.4 Å². The Morgan fingerprint density at radius 1 is 1.06 bits per heavy atom. The lowest BCUT2D eigenvalue weighted by atomic mass is 9.81. The molecule has 0 atom stereocenters. The molecule has 168 valence electrons. The molecule has 0 saturated heterocycles. The molecule has 0 aliphatic carbocycles. The van der Waals surface area contributed by atoms with Crippen molar-refractivity contribution in [3.8, 4) is 5.75 Å². The Morgan fingerprint density at radius 3 is 2.34 bits per heavy atom. The monoisotopic (exact) mass is 452 g/mol. The molecule has 2 N–H and O–H groups in total. The van der Waals surface area contributed by atoms with Crippen LogP contribution in [-0.2, 0) is 16.7 Å². The highest BCUT2D eigenvalue weighted by Crippen LogP contribution is 2.45. The zero-order chi connectivity index (χ0) is 23.3. The molecular formula is C25H28N2O4S. The van der Waals surface area contributed by atoms with Gasteiger partial charge in [0.15, 0.2) is 0 Å². The Morgan fingerprint density at radius 2 is 1.72 bits per heavy atom. The number of amides is 1. The molecule has 2 heterocycles. The molecule has 1 aromatic heterocycles. The summed E-state index contributed by atoms with van der Waals surface area (Å²) in [5.74, 6) is -0.302. The third-order valence-corrected chi connectivity index (χ3v) is 7.24. The van der Waals surface area contributed by atoms with E-state index >= 15 is 0 Å². The van der Waals surface area contributed by atoms with Gasteiger partial charge in [0.1, 0.15) is 10.8 Å². The van der Waals surface area contributed by atoms with E-state index in [0.717, 1.165) is 21.2 Å². The summed E-state index contributed by atoms with van der Waals surface area (Å²) < 4.78 is 10.6. The van der Waals surface area contributed by atoms with E-state index in [4.69, 9.17) is 9.47 Å². The highest BCUT2D eigenvalue weighted by Gasteiger charge is 2.42. The van der Waals surface area contributed by atoms with Gasteiger partial charge in [-0.2, -0.15) is 0 Å². The number of esters is 1. The number of anilines is 1. The molecule has 32 heavy (non-hydrogen) atoms. The standard InChI is InChI=1S/C25H28N2O4S/c1-24(2)13-17-19(23(29)31-6)22(32-20(17)25(3,4)27-24)26-21(28)16-11-14-9-7-8-10-15(14)12-18(16)30-5/h7-12,27H,13H2,1-6H3,(H,26,28). The molecule has 0 bridgehead atoms. The third-order valence-electron chi connectivity index (χ3n) is 5.77. The second kappa shape index (κ2) is 7.90. The Kier molecular flexibility index (Phi) is 5.51. The lowest BCUT2D eigenvalue weighted by molar-refractivity contribution is 0.0600. The third kappa shape index (κ3) is 3.87. The Bertz CT molecular complexity index is 1230. The van der Waals surface area contributed by atoms with Crippen LogP contribution >= 0.6 is 11.3 Å². The molecule has 0 radical (unpaired) electrons. The topological polar surface area (TPSA) is 76.7 Å². The van der Waals surface area contributed by atoms with Crippen molar-refractivity contribution >= 4 is 39.0 Å². The fraction of sp³-hybridized carbons (Fsp3) is 0.360. The van der Waals surface area contributed by atoms with E-state index < -0.39 is 5.97 Å². The Balaban J connectivity index is 1.80. The minimum Gasteiger partial charge on any atom is -0.496 e. The molecule has 3 aromatic rings. The van der Waals surface area contributed by atoms with Gasteiger partial charge in [0, 0.05) is 16.0 Å². The maximum atomic E-state index is 13.4. The molecule has 1 aliphatic rings. The van der Waals surface area contributed by atoms with Crippen molar-refractivity contribution < 1.29 is 19.1 Å². The van der Waals surface area contributed by atoms with Crippen LogP contribution in [0.5, 0.6) is 5.75 Å². The summed E-state index contributed by atoms with van der Waals surface area (Å²) in [4.78, 5) is 27.2. The van der Waals surface area contributed by atoms with E-state index in [1.165, 1.54) is 18.4 Å². The molecular weight excluding hydrogens is 424 g/mol. The zero-order valence-corrected chi connectivity index (χ0v) is 20.0. The average molecular weight is 453 g/mol. The van der Waals surface area contributed by atoms with Crippen LogP contribution in [0.1, 0.15) is 58.9 Å². The quantitative estimate of drug-likeness (QED) is 0.538. The number of hydrogen-bond acceptors (Lipinski definition) is 6. The van der Waals surface area contributed by atoms with Crippen molar-refractivity contribution in [3.63, 3.8) is 0 Å². The van der Waals surface area contributed by atoms with Gasteiger partial charge < -0.3 is 20.1 Å². The van der Waals surface area contributed by atoms with E-state index in [-0.39, 0.29) is 17.0 Å². The average Bonchev–Trinajstić information content (AvgIpc) is 3.09. The summed E-state index contributed by atoms with van der Waals surface area (Å²) in [5.41, 5.74) is 1.21. The van der Waals surface area contributed by atoms with Crippen LogP contribution in [0, 0.1) is 0 Å². The first kappa shape index (κ1) is 22.3. The minimum absolute atomic E-state index is 0.205. The van der Waals surface area contributed by atoms with Crippen LogP contribution in [0.25, 0.3) is 10.8 Å². The van der Waals surface area contributed by atoms with Crippen LogP contribution in [0.3, 0.4) is 0 Å². The summed E-state index contributed by atoms with van der Waals surface area (Å²) in [6.07, 6.45) is 0.655. The van der Waals surface area contributed by atoms with Crippen molar-refractivity contribution in [1.82, 2.24) is 5.32 Å². The summed E-state index contributed by atoms with van der Waals surface area (Å²) in [5, 5.41) is 9.02. The van der Waals surface area contributed by atoms with Crippen molar-refractivity contribution in [1.29, 1.82) is 0 Å². The van der Waals surface area contributed by atoms with Gasteiger partial charge in [-0.05, 0) is 62.6 Å². The van der Waals surface area contributed by atoms with Gasteiger partial charge in [-0.25, -0.2) is 4.79 Å². The van der Waals surface area contributed by atoms with Crippen LogP contribution in [0.4, 0.5) is 5.00 Å². The first-order valence-corrected chi connectivity index (χ1v) is 11.3. The van der Waals surface area contributed by atoms with Crippen LogP contribution in [0.2, 0.25) is 0 Å². The maximum absolute atomic E-state index is 13.4. The lowest BCUT2D eigenvalue weighted by Gasteiger charge is -2.42. The number of nitrogens with one attached hydrogen (secondary N) is 2. The lowest BCUT2D eigenvalue weighted by Crippen LogP contribution is -2.55. The van der Waals surface area contributed by atoms with Gasteiger partial charge in [-0.3, -0.25) is 4.79 Å². The van der Waals surface area contributed by atoms with Gasteiger partial charge in [0.25, 0.3) is 5.91 Å². The summed E-state index contributed by atoms with van der Waals surface area (Å²) in [7, 11) is 2.91. The predicted octanol–water partition coefficient (Wildman–Crippen LogP) is 5.11. The number of carbonyl (C=O) groups is 2. The van der Waals surface area contributed by atoms with Gasteiger partial charge in [-0.15, -0.1) is 11.3 Å². The smallest absolute Gasteiger partial charge is 0.341 e. The van der Waals surface area contributed by atoms with Crippen molar-refractivity contribution in [2.45, 2.75) is 45.2 Å². The number of hydrogen-bond donors (Lipinski definition) is 2. The van der Waals surface area contributed by atoms with Crippen molar-refractivity contribution in [2.75, 3.05) is 19.5 Å². The second-order valence-electron chi connectivity index (χ2n) is 9.27. The van der Waals surface area contributed by atoms with E-state index in [2.05, 4.69) is 38.3 Å². The normalized spacial score (nSPS) is 16.3. The molecule has 1 amide bonds. The Hall–Kier alpha value is -2.90. The fourth-order valence-corrected chi connectivity index (χ4v) is 5.93. The minimum atomic E-state index is -0.447. The van der Waals surface area contributed by atoms with E-state index in [0.29, 0.717) is 28.3 Å². The maximum Gasteiger partial charge on any atom is 0.341 e. The van der Waals surface area contributed by atoms with Crippen molar-refractivity contribution in [3.05, 3.63) is 58.0 Å². The van der Waals surface area contributed by atoms with Gasteiger partial charge in [0.2, 0.25) is 0 Å². The van der Waals surface area contributed by atoms with Crippen LogP contribution in [0.15, 0.2) is 36.4 Å². The summed E-state index contributed by atoms with van der Waals surface area (Å²) >= 11 is 1.42. The van der Waals surface area contributed by atoms with Gasteiger partial charge >= 0.3 is 5.97 Å². The number of carbonyl (C=O) groups excluding carboxylic acids is 2.